The van der Waals surface area contributed by atoms with Crippen LogP contribution in [0.4, 0.5) is 0 Å². The lowest BCUT2D eigenvalue weighted by Gasteiger charge is -2.34. The molecule has 170 valence electrons. The number of nitrogens with zero attached hydrogens (tertiary/aromatic N) is 7. The molecule has 3 aromatic rings. The van der Waals surface area contributed by atoms with Crippen molar-refractivity contribution in [1.82, 2.24) is 10.0 Å². The molecule has 0 fully saturated rings. The van der Waals surface area contributed by atoms with E-state index in [4.69, 9.17) is 10.2 Å². The standard InChI is InChI=1S/C26H17Br2N7/c1-16-15-22(17-5-3-2-4-6-17)34-25(29-16)32-35-24(19-9-13-21(28)14-10-19)23(30-31-26(35)33-34)18-7-11-20(27)12-8-18/h2-15H,1H3. The maximum absolute atomic E-state index is 4.91. The molecule has 3 aromatic carbocycles. The highest BCUT2D eigenvalue weighted by Gasteiger charge is 2.34. The molecule has 0 amide bonds. The minimum atomic E-state index is 0.365. The van der Waals surface area contributed by atoms with Gasteiger partial charge in [0.25, 0.3) is 11.9 Å². The fourth-order valence-electron chi connectivity index (χ4n) is 3.97. The van der Waals surface area contributed by atoms with E-state index >= 15 is 0 Å². The van der Waals surface area contributed by atoms with Crippen molar-refractivity contribution >= 4 is 66.6 Å². The number of rotatable bonds is 3. The second kappa shape index (κ2) is 8.83. The molecule has 0 bridgehead atoms. The van der Waals surface area contributed by atoms with Gasteiger partial charge >= 0.3 is 0 Å². The third-order valence-electron chi connectivity index (χ3n) is 5.59. The van der Waals surface area contributed by atoms with E-state index < -0.39 is 0 Å². The van der Waals surface area contributed by atoms with E-state index in [-0.39, 0.29) is 0 Å². The van der Waals surface area contributed by atoms with E-state index in [1.54, 1.807) is 10.0 Å². The lowest BCUT2D eigenvalue weighted by molar-refractivity contribution is 0.495. The van der Waals surface area contributed by atoms with Crippen LogP contribution in [0.15, 0.2) is 119 Å². The fourth-order valence-corrected chi connectivity index (χ4v) is 4.50. The van der Waals surface area contributed by atoms with E-state index in [0.29, 0.717) is 17.6 Å². The number of guanidine groups is 2. The summed E-state index contributed by atoms with van der Waals surface area (Å²) in [4.78, 5) is 4.68. The highest BCUT2D eigenvalue weighted by molar-refractivity contribution is 9.10. The Morgan fingerprint density at radius 3 is 1.94 bits per heavy atom. The zero-order valence-electron chi connectivity index (χ0n) is 18.5. The molecule has 0 aliphatic carbocycles. The molecule has 35 heavy (non-hydrogen) atoms. The molecule has 9 heteroatoms. The largest absolute Gasteiger partial charge is 0.288 e. The number of allylic oxidation sites excluding steroid dienone is 1. The van der Waals surface area contributed by atoms with Crippen LogP contribution in [0, 0.1) is 0 Å². The number of hydrogen-bond acceptors (Lipinski definition) is 7. The molecular formula is C26H17Br2N7. The summed E-state index contributed by atoms with van der Waals surface area (Å²) in [6, 6.07) is 26.1. The Morgan fingerprint density at radius 2 is 1.26 bits per heavy atom. The van der Waals surface area contributed by atoms with Gasteiger partial charge in [-0.3, -0.25) is 0 Å². The number of halogens is 2. The first-order valence-electron chi connectivity index (χ1n) is 10.8. The van der Waals surface area contributed by atoms with Crippen molar-refractivity contribution in [2.45, 2.75) is 6.92 Å². The van der Waals surface area contributed by atoms with Crippen molar-refractivity contribution in [3.8, 4) is 0 Å². The van der Waals surface area contributed by atoms with Crippen LogP contribution < -0.4 is 0 Å². The van der Waals surface area contributed by atoms with Crippen LogP contribution in [-0.2, 0) is 0 Å². The minimum absolute atomic E-state index is 0.365. The number of benzene rings is 3. The molecule has 0 saturated heterocycles. The molecule has 3 aliphatic rings. The fraction of sp³-hybridized carbons (Fsp3) is 0.0385. The predicted molar refractivity (Wildman–Crippen MR) is 146 cm³/mol. The summed E-state index contributed by atoms with van der Waals surface area (Å²) in [5, 5.41) is 22.2. The average Bonchev–Trinajstić information content (AvgIpc) is 2.88. The average molecular weight is 587 g/mol. The van der Waals surface area contributed by atoms with Crippen LogP contribution in [0.1, 0.15) is 23.6 Å². The van der Waals surface area contributed by atoms with Crippen LogP contribution in [0.2, 0.25) is 0 Å². The smallest absolute Gasteiger partial charge is 0.215 e. The van der Waals surface area contributed by atoms with Crippen molar-refractivity contribution in [3.05, 3.63) is 111 Å². The van der Waals surface area contributed by atoms with E-state index in [1.165, 1.54) is 0 Å². The predicted octanol–water partition coefficient (Wildman–Crippen LogP) is 7.18. The van der Waals surface area contributed by atoms with Crippen molar-refractivity contribution in [2.75, 3.05) is 0 Å². The Balaban J connectivity index is 1.51. The first-order valence-corrected chi connectivity index (χ1v) is 12.4. The summed E-state index contributed by atoms with van der Waals surface area (Å²) in [7, 11) is 0. The first kappa shape index (κ1) is 21.8. The highest BCUT2D eigenvalue weighted by Crippen LogP contribution is 2.38. The van der Waals surface area contributed by atoms with Gasteiger partial charge in [-0.1, -0.05) is 86.5 Å². The van der Waals surface area contributed by atoms with Crippen molar-refractivity contribution in [1.29, 1.82) is 0 Å². The van der Waals surface area contributed by atoms with Crippen LogP contribution >= 0.6 is 31.9 Å². The molecule has 0 aromatic heterocycles. The van der Waals surface area contributed by atoms with Crippen LogP contribution in [0.3, 0.4) is 0 Å². The van der Waals surface area contributed by atoms with Gasteiger partial charge in [-0.25, -0.2) is 4.99 Å². The number of hydrogen-bond donors (Lipinski definition) is 0. The molecule has 0 atom stereocenters. The molecule has 0 spiro atoms. The van der Waals surface area contributed by atoms with Gasteiger partial charge in [0.15, 0.2) is 0 Å². The molecule has 0 radical (unpaired) electrons. The summed E-state index contributed by atoms with van der Waals surface area (Å²) >= 11 is 7.04. The van der Waals surface area contributed by atoms with Gasteiger partial charge in [-0.15, -0.1) is 20.4 Å². The Labute approximate surface area is 218 Å². The van der Waals surface area contributed by atoms with Gasteiger partial charge < -0.3 is 0 Å². The lowest BCUT2D eigenvalue weighted by atomic mass is 10.0. The molecule has 0 saturated carbocycles. The quantitative estimate of drug-likeness (QED) is 0.326. The first-order chi connectivity index (χ1) is 17.1. The third kappa shape index (κ3) is 4.06. The van der Waals surface area contributed by atoms with Crippen molar-refractivity contribution in [2.24, 2.45) is 25.4 Å². The Kier molecular flexibility index (Phi) is 5.50. The molecule has 0 unspecified atom stereocenters. The number of aliphatic imine (C=N–C) groups is 1. The monoisotopic (exact) mass is 585 g/mol. The van der Waals surface area contributed by atoms with Crippen molar-refractivity contribution < 1.29 is 0 Å². The van der Waals surface area contributed by atoms with Gasteiger partial charge in [-0.2, -0.15) is 10.0 Å². The summed E-state index contributed by atoms with van der Waals surface area (Å²) in [5.41, 5.74) is 6.08. The molecule has 6 rings (SSSR count). The molecule has 7 nitrogen and oxygen atoms in total. The lowest BCUT2D eigenvalue weighted by Crippen LogP contribution is -2.39. The summed E-state index contributed by atoms with van der Waals surface area (Å²) < 4.78 is 1.97. The van der Waals surface area contributed by atoms with E-state index in [2.05, 4.69) is 47.1 Å². The van der Waals surface area contributed by atoms with Gasteiger partial charge in [-0.05, 0) is 37.3 Å². The van der Waals surface area contributed by atoms with Crippen LogP contribution in [0.25, 0.3) is 17.1 Å². The number of azo groups is 1. The van der Waals surface area contributed by atoms with Crippen LogP contribution in [-0.4, -0.2) is 27.6 Å². The topological polar surface area (TPSA) is 68.3 Å². The molecular weight excluding hydrogens is 570 g/mol. The zero-order valence-corrected chi connectivity index (χ0v) is 21.6. The SMILES string of the molecule is CC1=NC2=NN3C(=NN2C(c2ccccc2)=C1)N=NC(c1ccc(Br)cc1)=C3c1ccc(Br)cc1. The molecule has 3 aliphatic heterocycles. The minimum Gasteiger partial charge on any atom is -0.215 e. The third-order valence-corrected chi connectivity index (χ3v) is 6.65. The Bertz CT molecular complexity index is 1500. The number of hydrazone groups is 2. The summed E-state index contributed by atoms with van der Waals surface area (Å²) in [6.07, 6.45) is 1.99. The molecule has 3 heterocycles. The Hall–Kier alpha value is -3.69. The van der Waals surface area contributed by atoms with E-state index in [9.17, 15) is 0 Å². The highest BCUT2D eigenvalue weighted by atomic mass is 79.9. The normalized spacial score (nSPS) is 16.8. The second-order valence-corrected chi connectivity index (χ2v) is 9.81. The summed E-state index contributed by atoms with van der Waals surface area (Å²) in [6.45, 7) is 1.96. The second-order valence-electron chi connectivity index (χ2n) is 7.98. The van der Waals surface area contributed by atoms with Gasteiger partial charge in [0, 0.05) is 31.3 Å². The maximum Gasteiger partial charge on any atom is 0.288 e. The zero-order chi connectivity index (χ0) is 23.9. The number of fused-ring (bicyclic) bond motifs is 2. The van der Waals surface area contributed by atoms with Crippen molar-refractivity contribution in [3.63, 3.8) is 0 Å². The van der Waals surface area contributed by atoms with Crippen LogP contribution in [0.5, 0.6) is 0 Å². The molecule has 0 N–H and O–H groups in total. The van der Waals surface area contributed by atoms with Gasteiger partial charge in [0.05, 0.1) is 5.70 Å². The Morgan fingerprint density at radius 1 is 0.629 bits per heavy atom. The van der Waals surface area contributed by atoms with Gasteiger partial charge in [0.2, 0.25) is 0 Å². The summed E-state index contributed by atoms with van der Waals surface area (Å²) in [5.74, 6) is 0.832. The van der Waals surface area contributed by atoms with E-state index in [1.807, 2.05) is 91.9 Å². The maximum atomic E-state index is 4.91. The van der Waals surface area contributed by atoms with Gasteiger partial charge in [0.1, 0.15) is 11.4 Å². The van der Waals surface area contributed by atoms with E-state index in [0.717, 1.165) is 42.7 Å².